The zero-order chi connectivity index (χ0) is 12.1. The number of piperazine rings is 1. The second-order valence-electron chi connectivity index (χ2n) is 5.37. The van der Waals surface area contributed by atoms with E-state index in [1.807, 2.05) is 0 Å². The van der Waals surface area contributed by atoms with E-state index in [1.165, 1.54) is 32.1 Å². The summed E-state index contributed by atoms with van der Waals surface area (Å²) in [5.74, 6) is -0.679. The maximum Gasteiger partial charge on any atom is 0.303 e. The van der Waals surface area contributed by atoms with Gasteiger partial charge in [0.2, 0.25) is 0 Å². The van der Waals surface area contributed by atoms with E-state index in [2.05, 4.69) is 10.2 Å². The molecule has 1 heterocycles. The van der Waals surface area contributed by atoms with Gasteiger partial charge >= 0.3 is 5.97 Å². The molecule has 2 rings (SSSR count). The summed E-state index contributed by atoms with van der Waals surface area (Å²) in [4.78, 5) is 13.2. The lowest BCUT2D eigenvalue weighted by Gasteiger charge is -2.40. The Labute approximate surface area is 103 Å². The van der Waals surface area contributed by atoms with Crippen molar-refractivity contribution >= 4 is 5.97 Å². The standard InChI is InChI=1S/C13H24N2O2/c16-13(17)7-6-11-10-15(9-8-14-11)12-4-2-1-3-5-12/h11-12,14H,1-10H2,(H,16,17). The number of aliphatic carboxylic acids is 1. The molecule has 2 N–H and O–H groups in total. The summed E-state index contributed by atoms with van der Waals surface area (Å²) in [5.41, 5.74) is 0. The minimum atomic E-state index is -0.679. The average molecular weight is 240 g/mol. The minimum Gasteiger partial charge on any atom is -0.481 e. The normalized spacial score (nSPS) is 28.1. The molecule has 1 aliphatic carbocycles. The lowest BCUT2D eigenvalue weighted by atomic mass is 9.93. The fraction of sp³-hybridized carbons (Fsp3) is 0.923. The van der Waals surface area contributed by atoms with Crippen molar-refractivity contribution in [1.82, 2.24) is 10.2 Å². The lowest BCUT2D eigenvalue weighted by molar-refractivity contribution is -0.137. The average Bonchev–Trinajstić information content (AvgIpc) is 2.38. The second-order valence-corrected chi connectivity index (χ2v) is 5.37. The Morgan fingerprint density at radius 2 is 2.06 bits per heavy atom. The Hall–Kier alpha value is -0.610. The van der Waals surface area contributed by atoms with Crippen LogP contribution in [0.15, 0.2) is 0 Å². The summed E-state index contributed by atoms with van der Waals surface area (Å²) in [7, 11) is 0. The van der Waals surface area contributed by atoms with Crippen LogP contribution < -0.4 is 5.32 Å². The van der Waals surface area contributed by atoms with Gasteiger partial charge < -0.3 is 10.4 Å². The number of rotatable bonds is 4. The van der Waals surface area contributed by atoms with Crippen molar-refractivity contribution in [3.8, 4) is 0 Å². The van der Waals surface area contributed by atoms with E-state index in [9.17, 15) is 4.79 Å². The van der Waals surface area contributed by atoms with Gasteiger partial charge in [0.25, 0.3) is 0 Å². The summed E-state index contributed by atoms with van der Waals surface area (Å²) in [6.45, 7) is 3.19. The second kappa shape index (κ2) is 6.36. The largest absolute Gasteiger partial charge is 0.481 e. The van der Waals surface area contributed by atoms with Crippen LogP contribution in [0.5, 0.6) is 0 Å². The molecule has 4 nitrogen and oxygen atoms in total. The predicted molar refractivity (Wildman–Crippen MR) is 67.1 cm³/mol. The SMILES string of the molecule is O=C(O)CCC1CN(C2CCCCC2)CCN1. The van der Waals surface area contributed by atoms with Crippen LogP contribution in [-0.4, -0.2) is 47.7 Å². The van der Waals surface area contributed by atoms with Gasteiger partial charge in [-0.3, -0.25) is 9.69 Å². The number of nitrogens with one attached hydrogen (secondary N) is 1. The molecule has 0 aromatic heterocycles. The topological polar surface area (TPSA) is 52.6 Å². The Bertz CT molecular complexity index is 252. The van der Waals surface area contributed by atoms with Gasteiger partial charge in [0.1, 0.15) is 0 Å². The van der Waals surface area contributed by atoms with Gasteiger partial charge in [0.15, 0.2) is 0 Å². The predicted octanol–water partition coefficient (Wildman–Crippen LogP) is 1.46. The third-order valence-electron chi connectivity index (χ3n) is 4.08. The maximum absolute atomic E-state index is 10.6. The number of carboxylic acids is 1. The molecule has 1 aliphatic heterocycles. The molecule has 0 aromatic carbocycles. The van der Waals surface area contributed by atoms with Crippen molar-refractivity contribution in [2.24, 2.45) is 0 Å². The van der Waals surface area contributed by atoms with Crippen molar-refractivity contribution in [3.63, 3.8) is 0 Å². The minimum absolute atomic E-state index is 0.288. The highest BCUT2D eigenvalue weighted by Crippen LogP contribution is 2.23. The van der Waals surface area contributed by atoms with Crippen LogP contribution in [0, 0.1) is 0 Å². The van der Waals surface area contributed by atoms with Crippen LogP contribution in [0.2, 0.25) is 0 Å². The molecule has 0 radical (unpaired) electrons. The fourth-order valence-electron chi connectivity index (χ4n) is 3.12. The summed E-state index contributed by atoms with van der Waals surface area (Å²) >= 11 is 0. The van der Waals surface area contributed by atoms with Crippen molar-refractivity contribution in [2.75, 3.05) is 19.6 Å². The highest BCUT2D eigenvalue weighted by atomic mass is 16.4. The molecule has 1 saturated carbocycles. The zero-order valence-corrected chi connectivity index (χ0v) is 10.5. The highest BCUT2D eigenvalue weighted by molar-refractivity contribution is 5.66. The number of carboxylic acid groups (broad SMARTS) is 1. The van der Waals surface area contributed by atoms with E-state index in [4.69, 9.17) is 5.11 Å². The Kier molecular flexibility index (Phi) is 4.80. The Balaban J connectivity index is 1.77. The van der Waals surface area contributed by atoms with Crippen LogP contribution in [-0.2, 0) is 4.79 Å². The first kappa shape index (κ1) is 12.8. The molecule has 98 valence electrons. The molecule has 0 spiro atoms. The van der Waals surface area contributed by atoms with E-state index in [1.54, 1.807) is 0 Å². The smallest absolute Gasteiger partial charge is 0.303 e. The highest BCUT2D eigenvalue weighted by Gasteiger charge is 2.26. The van der Waals surface area contributed by atoms with E-state index in [-0.39, 0.29) is 6.42 Å². The fourth-order valence-corrected chi connectivity index (χ4v) is 3.12. The molecule has 0 aromatic rings. The molecule has 4 heteroatoms. The first-order valence-electron chi connectivity index (χ1n) is 6.95. The van der Waals surface area contributed by atoms with Gasteiger partial charge in [-0.15, -0.1) is 0 Å². The van der Waals surface area contributed by atoms with Crippen LogP contribution in [0.4, 0.5) is 0 Å². The molecule has 0 amide bonds. The summed E-state index contributed by atoms with van der Waals surface area (Å²) in [6, 6.07) is 1.14. The summed E-state index contributed by atoms with van der Waals surface area (Å²) < 4.78 is 0. The summed E-state index contributed by atoms with van der Waals surface area (Å²) in [5, 5.41) is 12.2. The zero-order valence-electron chi connectivity index (χ0n) is 10.5. The van der Waals surface area contributed by atoms with Crippen LogP contribution >= 0.6 is 0 Å². The first-order chi connectivity index (χ1) is 8.25. The van der Waals surface area contributed by atoms with Crippen LogP contribution in [0.25, 0.3) is 0 Å². The quantitative estimate of drug-likeness (QED) is 0.781. The van der Waals surface area contributed by atoms with Gasteiger partial charge in [-0.1, -0.05) is 19.3 Å². The van der Waals surface area contributed by atoms with Crippen LogP contribution in [0.1, 0.15) is 44.9 Å². The molecule has 2 aliphatic rings. The first-order valence-corrected chi connectivity index (χ1v) is 6.95. The van der Waals surface area contributed by atoms with Crippen molar-refractivity contribution in [1.29, 1.82) is 0 Å². The third-order valence-corrected chi connectivity index (χ3v) is 4.08. The number of hydrogen-bond donors (Lipinski definition) is 2. The van der Waals surface area contributed by atoms with Gasteiger partial charge in [-0.25, -0.2) is 0 Å². The Morgan fingerprint density at radius 1 is 1.29 bits per heavy atom. The summed E-state index contributed by atoms with van der Waals surface area (Å²) in [6.07, 6.45) is 7.86. The van der Waals surface area contributed by atoms with Crippen molar-refractivity contribution < 1.29 is 9.90 Å². The third kappa shape index (κ3) is 3.96. The van der Waals surface area contributed by atoms with Gasteiger partial charge in [0.05, 0.1) is 0 Å². The molecule has 1 atom stereocenters. The molecule has 1 unspecified atom stereocenters. The maximum atomic E-state index is 10.6. The van der Waals surface area contributed by atoms with E-state index in [0.29, 0.717) is 6.04 Å². The van der Waals surface area contributed by atoms with Gasteiger partial charge in [-0.2, -0.15) is 0 Å². The van der Waals surface area contributed by atoms with Crippen molar-refractivity contribution in [3.05, 3.63) is 0 Å². The van der Waals surface area contributed by atoms with E-state index in [0.717, 1.165) is 32.1 Å². The number of carbonyl (C=O) groups is 1. The van der Waals surface area contributed by atoms with E-state index >= 15 is 0 Å². The van der Waals surface area contributed by atoms with E-state index < -0.39 is 5.97 Å². The van der Waals surface area contributed by atoms with Gasteiger partial charge in [-0.05, 0) is 19.3 Å². The molecule has 17 heavy (non-hydrogen) atoms. The molecule has 2 fully saturated rings. The number of nitrogens with zero attached hydrogens (tertiary/aromatic N) is 1. The lowest BCUT2D eigenvalue weighted by Crippen LogP contribution is -2.54. The molecular weight excluding hydrogens is 216 g/mol. The van der Waals surface area contributed by atoms with Gasteiger partial charge in [0, 0.05) is 38.1 Å². The Morgan fingerprint density at radius 3 is 2.76 bits per heavy atom. The monoisotopic (exact) mass is 240 g/mol. The molecule has 1 saturated heterocycles. The molecule has 0 bridgehead atoms. The molecular formula is C13H24N2O2. The number of hydrogen-bond acceptors (Lipinski definition) is 3. The van der Waals surface area contributed by atoms with Crippen molar-refractivity contribution in [2.45, 2.75) is 57.0 Å². The van der Waals surface area contributed by atoms with Crippen LogP contribution in [0.3, 0.4) is 0 Å².